The van der Waals surface area contributed by atoms with Crippen molar-refractivity contribution in [1.29, 1.82) is 0 Å². The first kappa shape index (κ1) is 23.1. The van der Waals surface area contributed by atoms with Gasteiger partial charge in [-0.05, 0) is 43.9 Å². The van der Waals surface area contributed by atoms with Crippen LogP contribution in [0, 0.1) is 0 Å². The standard InChI is InChI=1S/C22H27N3O5.ClH/c1-5-30-19-9-13-14-8-12(26)6-7-17(14)23-21(15(13)10-18(19)27-2)16-11-20(28-3)24-25-22(16)29-4;/h9-12,14,17,26H,5-8H2,1-4H3;1H/t12-,14?,17-;/m1./s1. The minimum Gasteiger partial charge on any atom is -0.493 e. The number of nitrogens with zero attached hydrogens (tertiary/aromatic N) is 3. The van der Waals surface area contributed by atoms with Crippen LogP contribution in [0.5, 0.6) is 23.3 Å². The number of fused-ring (bicyclic) bond motifs is 3. The molecule has 31 heavy (non-hydrogen) atoms. The second-order valence-corrected chi connectivity index (χ2v) is 7.45. The van der Waals surface area contributed by atoms with E-state index in [-0.39, 0.29) is 30.5 Å². The van der Waals surface area contributed by atoms with Crippen molar-refractivity contribution >= 4 is 18.1 Å². The summed E-state index contributed by atoms with van der Waals surface area (Å²) in [5.74, 6) is 2.19. The van der Waals surface area contributed by atoms with Crippen LogP contribution < -0.4 is 18.9 Å². The second-order valence-electron chi connectivity index (χ2n) is 7.45. The van der Waals surface area contributed by atoms with Crippen molar-refractivity contribution < 1.29 is 24.1 Å². The summed E-state index contributed by atoms with van der Waals surface area (Å²) in [6.45, 7) is 2.48. The van der Waals surface area contributed by atoms with E-state index in [4.69, 9.17) is 23.9 Å². The Kier molecular flexibility index (Phi) is 7.23. The van der Waals surface area contributed by atoms with E-state index < -0.39 is 0 Å². The van der Waals surface area contributed by atoms with Crippen molar-refractivity contribution in [2.45, 2.75) is 44.2 Å². The molecule has 0 amide bonds. The predicted octanol–water partition coefficient (Wildman–Crippen LogP) is 3.17. The largest absolute Gasteiger partial charge is 0.493 e. The minimum atomic E-state index is -0.328. The van der Waals surface area contributed by atoms with Gasteiger partial charge in [-0.2, -0.15) is 0 Å². The lowest BCUT2D eigenvalue weighted by molar-refractivity contribution is 0.111. The summed E-state index contributed by atoms with van der Waals surface area (Å²) in [7, 11) is 4.73. The topological polar surface area (TPSA) is 95.3 Å². The number of rotatable bonds is 6. The van der Waals surface area contributed by atoms with Crippen LogP contribution in [0.1, 0.15) is 48.8 Å². The maximum absolute atomic E-state index is 10.3. The Morgan fingerprint density at radius 1 is 0.968 bits per heavy atom. The normalized spacial score (nSPS) is 21.7. The number of hydrogen-bond donors (Lipinski definition) is 1. The first-order chi connectivity index (χ1) is 14.6. The SMILES string of the molecule is CCOc1cc2c(cc1OC)C(c1cc(OC)nnc1OC)=N[C@@H]1CC[C@@H](O)CC21.Cl. The van der Waals surface area contributed by atoms with Gasteiger partial charge in [0.25, 0.3) is 0 Å². The second kappa shape index (κ2) is 9.70. The van der Waals surface area contributed by atoms with Crippen molar-refractivity contribution in [1.82, 2.24) is 10.2 Å². The van der Waals surface area contributed by atoms with Gasteiger partial charge in [-0.1, -0.05) is 0 Å². The van der Waals surface area contributed by atoms with Crippen molar-refractivity contribution in [3.05, 3.63) is 34.9 Å². The molecule has 2 heterocycles. The molecule has 0 saturated heterocycles. The highest BCUT2D eigenvalue weighted by Gasteiger charge is 2.38. The Bertz CT molecular complexity index is 968. The first-order valence-corrected chi connectivity index (χ1v) is 10.2. The number of hydrogen-bond acceptors (Lipinski definition) is 8. The van der Waals surface area contributed by atoms with Gasteiger partial charge in [0.15, 0.2) is 11.5 Å². The number of aliphatic hydroxyl groups is 1. The lowest BCUT2D eigenvalue weighted by atomic mass is 9.74. The highest BCUT2D eigenvalue weighted by atomic mass is 35.5. The molecule has 1 saturated carbocycles. The van der Waals surface area contributed by atoms with Gasteiger partial charge in [0.1, 0.15) is 0 Å². The highest BCUT2D eigenvalue weighted by molar-refractivity contribution is 6.16. The molecule has 2 aliphatic rings. The molecule has 9 heteroatoms. The summed E-state index contributed by atoms with van der Waals surface area (Å²) >= 11 is 0. The molecule has 8 nitrogen and oxygen atoms in total. The molecule has 1 fully saturated rings. The summed E-state index contributed by atoms with van der Waals surface area (Å²) in [6, 6.07) is 5.82. The average molecular weight is 450 g/mol. The van der Waals surface area contributed by atoms with Crippen LogP contribution in [-0.2, 0) is 0 Å². The molecular formula is C22H28ClN3O5. The third-order valence-corrected chi connectivity index (χ3v) is 5.77. The summed E-state index contributed by atoms with van der Waals surface area (Å²) in [4.78, 5) is 5.09. The molecule has 2 aromatic rings. The van der Waals surface area contributed by atoms with E-state index in [2.05, 4.69) is 10.2 Å². The van der Waals surface area contributed by atoms with Crippen LogP contribution in [0.25, 0.3) is 0 Å². The van der Waals surface area contributed by atoms with Crippen LogP contribution in [-0.4, -0.2) is 61.1 Å². The number of benzene rings is 1. The average Bonchev–Trinajstić information content (AvgIpc) is 2.78. The molecule has 1 N–H and O–H groups in total. The molecule has 1 unspecified atom stereocenters. The molecular weight excluding hydrogens is 422 g/mol. The third kappa shape index (κ3) is 4.27. The first-order valence-electron chi connectivity index (χ1n) is 10.2. The molecule has 3 atom stereocenters. The van der Waals surface area contributed by atoms with Crippen LogP contribution in [0.2, 0.25) is 0 Å². The zero-order chi connectivity index (χ0) is 21.3. The van der Waals surface area contributed by atoms with Gasteiger partial charge in [0.05, 0.1) is 51.4 Å². The smallest absolute Gasteiger partial charge is 0.243 e. The number of methoxy groups -OCH3 is 3. The molecule has 1 aliphatic heterocycles. The monoisotopic (exact) mass is 449 g/mol. The minimum absolute atomic E-state index is 0. The lowest BCUT2D eigenvalue weighted by Gasteiger charge is -2.37. The van der Waals surface area contributed by atoms with Crippen LogP contribution >= 0.6 is 12.4 Å². The quantitative estimate of drug-likeness (QED) is 0.723. The maximum Gasteiger partial charge on any atom is 0.243 e. The summed E-state index contributed by atoms with van der Waals surface area (Å²) < 4.78 is 22.2. The zero-order valence-electron chi connectivity index (χ0n) is 18.1. The Morgan fingerprint density at radius 3 is 2.45 bits per heavy atom. The summed E-state index contributed by atoms with van der Waals surface area (Å²) in [5.41, 5.74) is 3.47. The van der Waals surface area contributed by atoms with Gasteiger partial charge in [-0.25, -0.2) is 0 Å². The van der Waals surface area contributed by atoms with E-state index in [1.807, 2.05) is 19.1 Å². The Balaban J connectivity index is 0.00000272. The molecule has 0 radical (unpaired) electrons. The Morgan fingerprint density at radius 2 is 1.77 bits per heavy atom. The molecule has 168 valence electrons. The van der Waals surface area contributed by atoms with Gasteiger partial charge in [0, 0.05) is 17.5 Å². The zero-order valence-corrected chi connectivity index (χ0v) is 18.9. The van der Waals surface area contributed by atoms with E-state index >= 15 is 0 Å². The number of aliphatic imine (C=N–C) groups is 1. The van der Waals surface area contributed by atoms with E-state index in [0.717, 1.165) is 29.7 Å². The Hall–Kier alpha value is -2.58. The van der Waals surface area contributed by atoms with E-state index in [9.17, 15) is 5.11 Å². The van der Waals surface area contributed by atoms with Gasteiger partial charge >= 0.3 is 0 Å². The van der Waals surface area contributed by atoms with Crippen molar-refractivity contribution in [2.75, 3.05) is 27.9 Å². The lowest BCUT2D eigenvalue weighted by Crippen LogP contribution is -2.34. The Labute approximate surface area is 188 Å². The fourth-order valence-corrected chi connectivity index (χ4v) is 4.37. The van der Waals surface area contributed by atoms with E-state index in [1.54, 1.807) is 27.4 Å². The summed E-state index contributed by atoms with van der Waals surface area (Å²) in [6.07, 6.45) is 1.88. The summed E-state index contributed by atoms with van der Waals surface area (Å²) in [5, 5.41) is 18.5. The van der Waals surface area contributed by atoms with Crippen molar-refractivity contribution in [3.63, 3.8) is 0 Å². The molecule has 1 aliphatic carbocycles. The van der Waals surface area contributed by atoms with Crippen LogP contribution in [0.4, 0.5) is 0 Å². The van der Waals surface area contributed by atoms with Gasteiger partial charge < -0.3 is 24.1 Å². The number of aromatic nitrogens is 2. The highest BCUT2D eigenvalue weighted by Crippen LogP contribution is 2.45. The third-order valence-electron chi connectivity index (χ3n) is 5.77. The predicted molar refractivity (Wildman–Crippen MR) is 119 cm³/mol. The fourth-order valence-electron chi connectivity index (χ4n) is 4.37. The number of aliphatic hydroxyl groups excluding tert-OH is 1. The molecule has 0 bridgehead atoms. The maximum atomic E-state index is 10.3. The fraction of sp³-hybridized carbons (Fsp3) is 0.500. The van der Waals surface area contributed by atoms with Gasteiger partial charge in [-0.15, -0.1) is 22.6 Å². The number of halogens is 1. The molecule has 0 spiro atoms. The number of ether oxygens (including phenoxy) is 4. The van der Waals surface area contributed by atoms with Gasteiger partial charge in [0.2, 0.25) is 11.8 Å². The van der Waals surface area contributed by atoms with Crippen molar-refractivity contribution in [2.24, 2.45) is 4.99 Å². The van der Waals surface area contributed by atoms with Crippen LogP contribution in [0.3, 0.4) is 0 Å². The molecule has 1 aromatic heterocycles. The molecule has 1 aromatic carbocycles. The van der Waals surface area contributed by atoms with Crippen molar-refractivity contribution in [3.8, 4) is 23.3 Å². The van der Waals surface area contributed by atoms with E-state index in [0.29, 0.717) is 41.9 Å². The van der Waals surface area contributed by atoms with Crippen LogP contribution in [0.15, 0.2) is 23.2 Å². The van der Waals surface area contributed by atoms with Gasteiger partial charge in [-0.3, -0.25) is 4.99 Å². The van der Waals surface area contributed by atoms with E-state index in [1.165, 1.54) is 0 Å². The molecule has 4 rings (SSSR count).